The maximum absolute atomic E-state index is 14.0. The van der Waals surface area contributed by atoms with E-state index in [9.17, 15) is 17.6 Å². The highest BCUT2D eigenvalue weighted by Crippen LogP contribution is 2.30. The van der Waals surface area contributed by atoms with Crippen molar-refractivity contribution < 1.29 is 17.6 Å². The van der Waals surface area contributed by atoms with Crippen molar-refractivity contribution >= 4 is 39.0 Å². The topological polar surface area (TPSA) is 69.7 Å². The molecule has 1 aliphatic rings. The van der Waals surface area contributed by atoms with Crippen LogP contribution in [-0.4, -0.2) is 56.6 Å². The smallest absolute Gasteiger partial charge is 0.246 e. The number of amides is 1. The fourth-order valence-electron chi connectivity index (χ4n) is 3.76. The molecule has 1 aromatic heterocycles. The van der Waals surface area contributed by atoms with Crippen molar-refractivity contribution in [3.05, 3.63) is 83.0 Å². The Kier molecular flexibility index (Phi) is 7.45. The minimum Gasteiger partial charge on any atom is -0.337 e. The number of hydrogen-bond acceptors (Lipinski definition) is 5. The Morgan fingerprint density at radius 1 is 1.03 bits per heavy atom. The number of halogens is 1. The molecule has 178 valence electrons. The minimum absolute atomic E-state index is 0.0454. The third-order valence-corrected chi connectivity index (χ3v) is 7.21. The molecule has 6 nitrogen and oxygen atoms in total. The number of rotatable bonds is 7. The number of anilines is 1. The first-order valence-corrected chi connectivity index (χ1v) is 13.6. The van der Waals surface area contributed by atoms with Gasteiger partial charge in [0.2, 0.25) is 15.9 Å². The lowest BCUT2D eigenvalue weighted by Crippen LogP contribution is -2.47. The molecular weight excluding hydrogens is 473 g/mol. The van der Waals surface area contributed by atoms with E-state index in [4.69, 9.17) is 0 Å². The number of hydrogen-bond donors (Lipinski definition) is 1. The van der Waals surface area contributed by atoms with E-state index in [1.165, 1.54) is 10.9 Å². The maximum Gasteiger partial charge on any atom is 0.246 e. The van der Waals surface area contributed by atoms with Gasteiger partial charge in [0.15, 0.2) is 0 Å². The lowest BCUT2D eigenvalue weighted by Gasteiger charge is -2.34. The summed E-state index contributed by atoms with van der Waals surface area (Å²) in [7, 11) is -3.32. The van der Waals surface area contributed by atoms with Gasteiger partial charge in [-0.2, -0.15) is 0 Å². The van der Waals surface area contributed by atoms with Crippen molar-refractivity contribution in [3.63, 3.8) is 0 Å². The first-order chi connectivity index (χ1) is 16.3. The standard InChI is InChI=1S/C25H26FN3O3S2/c1-34(31,32)27-20-9-6-19(7-10-20)8-13-25(30)29-16-14-28(15-17-29)18-21-11-12-24(33-21)22-4-2-3-5-23(22)26/h2-13,27H,14-18H2,1H3/b13-8+. The van der Waals surface area contributed by atoms with Crippen LogP contribution in [0.25, 0.3) is 16.5 Å². The molecule has 1 aliphatic heterocycles. The molecule has 0 bridgehead atoms. The first-order valence-electron chi connectivity index (χ1n) is 10.9. The highest BCUT2D eigenvalue weighted by molar-refractivity contribution is 7.92. The highest BCUT2D eigenvalue weighted by Gasteiger charge is 2.20. The summed E-state index contributed by atoms with van der Waals surface area (Å²) in [4.78, 5) is 18.8. The molecule has 1 N–H and O–H groups in total. The maximum atomic E-state index is 14.0. The van der Waals surface area contributed by atoms with Gasteiger partial charge >= 0.3 is 0 Å². The van der Waals surface area contributed by atoms with Crippen LogP contribution in [0.5, 0.6) is 0 Å². The molecule has 0 radical (unpaired) electrons. The minimum atomic E-state index is -3.32. The van der Waals surface area contributed by atoms with Crippen LogP contribution >= 0.6 is 11.3 Å². The molecule has 2 aromatic carbocycles. The van der Waals surface area contributed by atoms with E-state index in [1.807, 2.05) is 23.1 Å². The molecule has 3 aromatic rings. The molecule has 0 atom stereocenters. The molecule has 0 saturated carbocycles. The number of piperazine rings is 1. The van der Waals surface area contributed by atoms with E-state index in [0.29, 0.717) is 24.3 Å². The summed E-state index contributed by atoms with van der Waals surface area (Å²) in [5.41, 5.74) is 1.92. The summed E-state index contributed by atoms with van der Waals surface area (Å²) < 4.78 is 39.0. The second-order valence-electron chi connectivity index (χ2n) is 8.18. The quantitative estimate of drug-likeness (QED) is 0.493. The summed E-state index contributed by atoms with van der Waals surface area (Å²) in [6, 6.07) is 17.6. The molecule has 0 unspecified atom stereocenters. The predicted molar refractivity (Wildman–Crippen MR) is 136 cm³/mol. The van der Waals surface area contributed by atoms with Crippen molar-refractivity contribution in [2.75, 3.05) is 37.2 Å². The molecule has 0 aliphatic carbocycles. The van der Waals surface area contributed by atoms with E-state index in [1.54, 1.807) is 59.9 Å². The number of thiophene rings is 1. The fourth-order valence-corrected chi connectivity index (χ4v) is 5.41. The second-order valence-corrected chi connectivity index (χ2v) is 11.1. The van der Waals surface area contributed by atoms with Crippen molar-refractivity contribution in [2.45, 2.75) is 6.54 Å². The van der Waals surface area contributed by atoms with Crippen molar-refractivity contribution in [1.82, 2.24) is 9.80 Å². The number of carbonyl (C=O) groups is 1. The highest BCUT2D eigenvalue weighted by atomic mass is 32.2. The predicted octanol–water partition coefficient (Wildman–Crippen LogP) is 4.28. The zero-order valence-electron chi connectivity index (χ0n) is 18.8. The van der Waals surface area contributed by atoms with Gasteiger partial charge in [0.05, 0.1) is 6.26 Å². The molecule has 34 heavy (non-hydrogen) atoms. The largest absolute Gasteiger partial charge is 0.337 e. The van der Waals surface area contributed by atoms with Gasteiger partial charge in [-0.25, -0.2) is 12.8 Å². The molecule has 4 rings (SSSR count). The molecule has 2 heterocycles. The molecule has 1 saturated heterocycles. The normalized spacial score (nSPS) is 15.1. The number of sulfonamides is 1. The van der Waals surface area contributed by atoms with E-state index >= 15 is 0 Å². The Morgan fingerprint density at radius 3 is 2.41 bits per heavy atom. The van der Waals surface area contributed by atoms with Gasteiger partial charge in [0, 0.05) is 59.8 Å². The molecule has 0 spiro atoms. The van der Waals surface area contributed by atoms with Crippen LogP contribution in [0, 0.1) is 5.82 Å². The van der Waals surface area contributed by atoms with Crippen molar-refractivity contribution in [1.29, 1.82) is 0 Å². The molecule has 9 heteroatoms. The Morgan fingerprint density at radius 2 is 1.74 bits per heavy atom. The molecule has 1 fully saturated rings. The van der Waals surface area contributed by atoms with Crippen LogP contribution in [0.3, 0.4) is 0 Å². The number of nitrogens with zero attached hydrogens (tertiary/aromatic N) is 2. The SMILES string of the molecule is CS(=O)(=O)Nc1ccc(/C=C/C(=O)N2CCN(Cc3ccc(-c4ccccc4F)s3)CC2)cc1. The van der Waals surface area contributed by atoms with E-state index in [-0.39, 0.29) is 11.7 Å². The number of nitrogens with one attached hydrogen (secondary N) is 1. The van der Waals surface area contributed by atoms with Gasteiger partial charge < -0.3 is 4.90 Å². The Bertz CT molecular complexity index is 1280. The van der Waals surface area contributed by atoms with Gasteiger partial charge in [-0.05, 0) is 42.0 Å². The van der Waals surface area contributed by atoms with Crippen LogP contribution < -0.4 is 4.72 Å². The number of carbonyl (C=O) groups excluding carboxylic acids is 1. The van der Waals surface area contributed by atoms with Crippen molar-refractivity contribution in [2.24, 2.45) is 0 Å². The van der Waals surface area contributed by atoms with Crippen molar-refractivity contribution in [3.8, 4) is 10.4 Å². The summed E-state index contributed by atoms with van der Waals surface area (Å²) in [6.07, 6.45) is 4.38. The zero-order chi connectivity index (χ0) is 24.1. The van der Waals surface area contributed by atoms with Crippen LogP contribution in [0.1, 0.15) is 10.4 Å². The van der Waals surface area contributed by atoms with Gasteiger partial charge in [-0.3, -0.25) is 14.4 Å². The monoisotopic (exact) mass is 499 g/mol. The van der Waals surface area contributed by atoms with Gasteiger partial charge in [0.1, 0.15) is 5.82 Å². The third kappa shape index (κ3) is 6.53. The van der Waals surface area contributed by atoms with Crippen LogP contribution in [0.2, 0.25) is 0 Å². The Labute approximate surface area is 203 Å². The average Bonchev–Trinajstić information content (AvgIpc) is 3.26. The van der Waals surface area contributed by atoms with Crippen LogP contribution in [-0.2, 0) is 21.4 Å². The average molecular weight is 500 g/mol. The zero-order valence-corrected chi connectivity index (χ0v) is 20.4. The Balaban J connectivity index is 1.27. The third-order valence-electron chi connectivity index (χ3n) is 5.50. The van der Waals surface area contributed by atoms with E-state index in [2.05, 4.69) is 9.62 Å². The Hall–Kier alpha value is -3.01. The lowest BCUT2D eigenvalue weighted by atomic mass is 10.2. The lowest BCUT2D eigenvalue weighted by molar-refractivity contribution is -0.127. The fraction of sp³-hybridized carbons (Fsp3) is 0.240. The summed E-state index contributed by atoms with van der Waals surface area (Å²) in [6.45, 7) is 3.62. The molecular formula is C25H26FN3O3S2. The van der Waals surface area contributed by atoms with Gasteiger partial charge in [0.25, 0.3) is 0 Å². The van der Waals surface area contributed by atoms with Gasteiger partial charge in [-0.15, -0.1) is 11.3 Å². The first kappa shape index (κ1) is 24.1. The summed E-state index contributed by atoms with van der Waals surface area (Å²) in [5, 5.41) is 0. The summed E-state index contributed by atoms with van der Waals surface area (Å²) in [5.74, 6) is -0.256. The van der Waals surface area contributed by atoms with Crippen LogP contribution in [0.4, 0.5) is 10.1 Å². The van der Waals surface area contributed by atoms with E-state index in [0.717, 1.165) is 36.3 Å². The number of benzene rings is 2. The molecule has 1 amide bonds. The van der Waals surface area contributed by atoms with Crippen LogP contribution in [0.15, 0.2) is 66.7 Å². The van der Waals surface area contributed by atoms with Gasteiger partial charge in [-0.1, -0.05) is 30.3 Å². The van der Waals surface area contributed by atoms with E-state index < -0.39 is 10.0 Å². The second kappa shape index (κ2) is 10.5. The summed E-state index contributed by atoms with van der Waals surface area (Å²) >= 11 is 1.60.